The Balaban J connectivity index is 0.00000208. The van der Waals surface area contributed by atoms with E-state index < -0.39 is 0 Å². The van der Waals surface area contributed by atoms with Gasteiger partial charge in [-0.25, -0.2) is 0 Å². The van der Waals surface area contributed by atoms with Gasteiger partial charge in [0.05, 0.1) is 12.7 Å². The summed E-state index contributed by atoms with van der Waals surface area (Å²) in [6.45, 7) is 4.40. The summed E-state index contributed by atoms with van der Waals surface area (Å²) in [5.74, 6) is 1.01. The van der Waals surface area contributed by atoms with Crippen LogP contribution in [0.4, 0.5) is 0 Å². The second-order valence-corrected chi connectivity index (χ2v) is 6.74. The molecule has 2 aliphatic heterocycles. The Morgan fingerprint density at radius 2 is 2.12 bits per heavy atom. The monoisotopic (exact) mass is 449 g/mol. The molecule has 0 aromatic heterocycles. The van der Waals surface area contributed by atoms with Gasteiger partial charge in [-0.2, -0.15) is 0 Å². The van der Waals surface area contributed by atoms with Crippen LogP contribution in [0.1, 0.15) is 44.9 Å². The summed E-state index contributed by atoms with van der Waals surface area (Å²) in [6.07, 6.45) is 11.5. The minimum atomic E-state index is 0. The Labute approximate surface area is 163 Å². The Hall–Kier alpha value is -0.340. The van der Waals surface area contributed by atoms with Crippen LogP contribution in [0.2, 0.25) is 0 Å². The lowest BCUT2D eigenvalue weighted by molar-refractivity contribution is -0.0816. The number of aliphatic imine (C=N–C) groups is 1. The van der Waals surface area contributed by atoms with Crippen molar-refractivity contribution in [1.29, 1.82) is 0 Å². The molecule has 0 aromatic carbocycles. The number of ether oxygens (including phenoxy) is 2. The van der Waals surface area contributed by atoms with E-state index in [0.717, 1.165) is 58.1 Å². The molecule has 1 N–H and O–H groups in total. The zero-order chi connectivity index (χ0) is 15.9. The van der Waals surface area contributed by atoms with Crippen molar-refractivity contribution in [2.24, 2.45) is 4.99 Å². The number of nitrogens with zero attached hydrogens (tertiary/aromatic N) is 2. The first kappa shape index (κ1) is 20.0. The van der Waals surface area contributed by atoms with Crippen molar-refractivity contribution in [3.05, 3.63) is 11.6 Å². The summed E-state index contributed by atoms with van der Waals surface area (Å²) in [7, 11) is 1.87. The molecule has 0 bridgehead atoms. The fourth-order valence-corrected chi connectivity index (χ4v) is 3.79. The van der Waals surface area contributed by atoms with Gasteiger partial charge in [-0.3, -0.25) is 4.99 Å². The first-order valence-electron chi connectivity index (χ1n) is 9.23. The molecule has 0 amide bonds. The Morgan fingerprint density at radius 3 is 2.83 bits per heavy atom. The highest BCUT2D eigenvalue weighted by atomic mass is 127. The van der Waals surface area contributed by atoms with E-state index >= 15 is 0 Å². The van der Waals surface area contributed by atoms with Crippen molar-refractivity contribution >= 4 is 29.9 Å². The number of allylic oxidation sites excluding steroid dienone is 1. The summed E-state index contributed by atoms with van der Waals surface area (Å²) in [6, 6.07) is 0. The molecule has 1 aliphatic carbocycles. The standard InChI is InChI=1S/C18H31N3O2.HI/c1-19-18(20-10-9-15-6-3-2-4-7-15)21-11-13-23-17(14-21)16-8-5-12-22-16;/h6,16-17H,2-5,7-14H2,1H3,(H,19,20);1H. The summed E-state index contributed by atoms with van der Waals surface area (Å²) in [4.78, 5) is 6.80. The van der Waals surface area contributed by atoms with E-state index in [-0.39, 0.29) is 36.2 Å². The number of nitrogens with one attached hydrogen (secondary N) is 1. The molecule has 3 rings (SSSR count). The Morgan fingerprint density at radius 1 is 1.25 bits per heavy atom. The maximum atomic E-state index is 5.93. The second-order valence-electron chi connectivity index (χ2n) is 6.74. The highest BCUT2D eigenvalue weighted by Gasteiger charge is 2.32. The van der Waals surface area contributed by atoms with E-state index in [9.17, 15) is 0 Å². The van der Waals surface area contributed by atoms with Gasteiger partial charge in [-0.1, -0.05) is 11.6 Å². The van der Waals surface area contributed by atoms with E-state index in [0.29, 0.717) is 0 Å². The molecule has 6 heteroatoms. The van der Waals surface area contributed by atoms with Crippen LogP contribution >= 0.6 is 24.0 Å². The van der Waals surface area contributed by atoms with Gasteiger partial charge in [0.15, 0.2) is 5.96 Å². The molecule has 5 nitrogen and oxygen atoms in total. The van der Waals surface area contributed by atoms with E-state index in [1.165, 1.54) is 25.7 Å². The lowest BCUT2D eigenvalue weighted by atomic mass is 9.97. The molecule has 0 spiro atoms. The van der Waals surface area contributed by atoms with Gasteiger partial charge in [0.1, 0.15) is 6.10 Å². The van der Waals surface area contributed by atoms with E-state index in [4.69, 9.17) is 9.47 Å². The van der Waals surface area contributed by atoms with Crippen molar-refractivity contribution < 1.29 is 9.47 Å². The van der Waals surface area contributed by atoms with Crippen molar-refractivity contribution in [3.8, 4) is 0 Å². The summed E-state index contributed by atoms with van der Waals surface area (Å²) >= 11 is 0. The van der Waals surface area contributed by atoms with Crippen LogP contribution in [0.15, 0.2) is 16.6 Å². The fraction of sp³-hybridized carbons (Fsp3) is 0.833. The molecule has 2 atom stereocenters. The topological polar surface area (TPSA) is 46.1 Å². The average molecular weight is 449 g/mol. The number of halogens is 1. The maximum Gasteiger partial charge on any atom is 0.193 e. The van der Waals surface area contributed by atoms with Gasteiger partial charge in [0.2, 0.25) is 0 Å². The molecule has 2 heterocycles. The predicted molar refractivity (Wildman–Crippen MR) is 108 cm³/mol. The molecule has 138 valence electrons. The minimum absolute atomic E-state index is 0. The van der Waals surface area contributed by atoms with Crippen molar-refractivity contribution in [3.63, 3.8) is 0 Å². The highest BCUT2D eigenvalue weighted by Crippen LogP contribution is 2.21. The lowest BCUT2D eigenvalue weighted by Crippen LogP contribution is -2.53. The summed E-state index contributed by atoms with van der Waals surface area (Å²) in [5, 5.41) is 3.54. The molecule has 2 saturated heterocycles. The highest BCUT2D eigenvalue weighted by molar-refractivity contribution is 14.0. The zero-order valence-corrected chi connectivity index (χ0v) is 17.2. The number of rotatable bonds is 4. The van der Waals surface area contributed by atoms with E-state index in [1.54, 1.807) is 5.57 Å². The molecular weight excluding hydrogens is 417 g/mol. The van der Waals surface area contributed by atoms with E-state index in [2.05, 4.69) is 21.3 Å². The van der Waals surface area contributed by atoms with Gasteiger partial charge < -0.3 is 19.7 Å². The van der Waals surface area contributed by atoms with Crippen LogP contribution in [-0.4, -0.2) is 63.0 Å². The van der Waals surface area contributed by atoms with E-state index in [1.807, 2.05) is 7.05 Å². The number of guanidine groups is 1. The molecule has 2 unspecified atom stereocenters. The van der Waals surface area contributed by atoms with Crippen molar-refractivity contribution in [2.45, 2.75) is 57.2 Å². The number of hydrogen-bond acceptors (Lipinski definition) is 3. The van der Waals surface area contributed by atoms with Crippen LogP contribution in [0, 0.1) is 0 Å². The third-order valence-corrected chi connectivity index (χ3v) is 5.10. The van der Waals surface area contributed by atoms with Gasteiger partial charge >= 0.3 is 0 Å². The Bertz CT molecular complexity index is 436. The third-order valence-electron chi connectivity index (χ3n) is 5.10. The molecule has 0 aromatic rings. The van der Waals surface area contributed by atoms with Gasteiger partial charge in [-0.15, -0.1) is 24.0 Å². The first-order chi connectivity index (χ1) is 11.4. The predicted octanol–water partition coefficient (Wildman–Crippen LogP) is 2.95. The van der Waals surface area contributed by atoms with Crippen molar-refractivity contribution in [1.82, 2.24) is 10.2 Å². The fourth-order valence-electron chi connectivity index (χ4n) is 3.79. The van der Waals surface area contributed by atoms with Gasteiger partial charge in [0.25, 0.3) is 0 Å². The quantitative estimate of drug-likeness (QED) is 0.310. The van der Waals surface area contributed by atoms with Crippen LogP contribution in [0.25, 0.3) is 0 Å². The third kappa shape index (κ3) is 5.59. The Kier molecular flexibility index (Phi) is 8.83. The normalized spacial score (nSPS) is 28.3. The largest absolute Gasteiger partial charge is 0.375 e. The van der Waals surface area contributed by atoms with Gasteiger partial charge in [0, 0.05) is 33.3 Å². The SMILES string of the molecule is CN=C(NCCC1=CCCCC1)N1CCOC(C2CCCO2)C1.I. The van der Waals surface area contributed by atoms with Crippen LogP contribution in [-0.2, 0) is 9.47 Å². The second kappa shape index (κ2) is 10.6. The number of morpholine rings is 1. The summed E-state index contributed by atoms with van der Waals surface area (Å²) in [5.41, 5.74) is 1.61. The molecule has 2 fully saturated rings. The lowest BCUT2D eigenvalue weighted by Gasteiger charge is -2.37. The zero-order valence-electron chi connectivity index (χ0n) is 14.8. The summed E-state index contributed by atoms with van der Waals surface area (Å²) < 4.78 is 11.7. The first-order valence-corrected chi connectivity index (χ1v) is 9.23. The smallest absolute Gasteiger partial charge is 0.193 e. The van der Waals surface area contributed by atoms with Crippen molar-refractivity contribution in [2.75, 3.05) is 39.9 Å². The number of hydrogen-bond donors (Lipinski definition) is 1. The molecule has 3 aliphatic rings. The van der Waals surface area contributed by atoms with Crippen LogP contribution in [0.5, 0.6) is 0 Å². The molecular formula is C18H32IN3O2. The minimum Gasteiger partial charge on any atom is -0.375 e. The molecule has 0 saturated carbocycles. The average Bonchev–Trinajstić information content (AvgIpc) is 3.14. The maximum absolute atomic E-state index is 5.93. The van der Waals surface area contributed by atoms with Crippen LogP contribution < -0.4 is 5.32 Å². The van der Waals surface area contributed by atoms with Crippen LogP contribution in [0.3, 0.4) is 0 Å². The molecule has 0 radical (unpaired) electrons. The molecule has 24 heavy (non-hydrogen) atoms. The van der Waals surface area contributed by atoms with Gasteiger partial charge in [-0.05, 0) is 44.9 Å².